The Balaban J connectivity index is 2.69. The van der Waals surface area contributed by atoms with Crippen molar-refractivity contribution in [1.82, 2.24) is 0 Å². The Bertz CT molecular complexity index is 314. The zero-order valence-electron chi connectivity index (χ0n) is 7.95. The molecule has 0 bridgehead atoms. The first kappa shape index (κ1) is 10.1. The molecular formula is C11H13NS. The quantitative estimate of drug-likeness (QED) is 0.684. The van der Waals surface area contributed by atoms with Crippen molar-refractivity contribution in [2.45, 2.75) is 30.4 Å². The summed E-state index contributed by atoms with van der Waals surface area (Å²) < 4.78 is 0. The van der Waals surface area contributed by atoms with Crippen molar-refractivity contribution in [3.8, 4) is 6.07 Å². The minimum atomic E-state index is 0.0850. The molecule has 0 N–H and O–H groups in total. The molecule has 2 heteroatoms. The summed E-state index contributed by atoms with van der Waals surface area (Å²) in [6.07, 6.45) is 0.898. The lowest BCUT2D eigenvalue weighted by Crippen LogP contribution is -1.94. The predicted molar refractivity (Wildman–Crippen MR) is 56.7 cm³/mol. The van der Waals surface area contributed by atoms with Crippen molar-refractivity contribution in [3.63, 3.8) is 0 Å². The molecule has 0 radical (unpaired) electrons. The van der Waals surface area contributed by atoms with E-state index >= 15 is 0 Å². The molecule has 1 aromatic carbocycles. The van der Waals surface area contributed by atoms with Gasteiger partial charge >= 0.3 is 0 Å². The molecule has 0 saturated heterocycles. The minimum absolute atomic E-state index is 0.0850. The third-order valence-corrected chi connectivity index (χ3v) is 3.03. The number of hydrogen-bond donors (Lipinski definition) is 0. The molecule has 0 amide bonds. The van der Waals surface area contributed by atoms with Crippen LogP contribution in [0.3, 0.4) is 0 Å². The maximum absolute atomic E-state index is 8.79. The maximum atomic E-state index is 8.79. The molecule has 0 aliphatic carbocycles. The van der Waals surface area contributed by atoms with Gasteiger partial charge in [-0.05, 0) is 25.5 Å². The average molecular weight is 191 g/mol. The predicted octanol–water partition coefficient (Wildman–Crippen LogP) is 3.39. The van der Waals surface area contributed by atoms with Gasteiger partial charge in [0.1, 0.15) is 0 Å². The second-order valence-corrected chi connectivity index (χ2v) is 4.24. The van der Waals surface area contributed by atoms with Gasteiger partial charge in [0.2, 0.25) is 0 Å². The van der Waals surface area contributed by atoms with Gasteiger partial charge in [-0.1, -0.05) is 24.6 Å². The fourth-order valence-electron chi connectivity index (χ4n) is 1.05. The van der Waals surface area contributed by atoms with Gasteiger partial charge in [-0.15, -0.1) is 11.8 Å². The van der Waals surface area contributed by atoms with Crippen LogP contribution in [0, 0.1) is 18.3 Å². The summed E-state index contributed by atoms with van der Waals surface area (Å²) in [6.45, 7) is 4.11. The largest absolute Gasteiger partial charge is 0.197 e. The molecule has 1 atom stereocenters. The normalized spacial score (nSPS) is 12.1. The first-order chi connectivity index (χ1) is 6.26. The lowest BCUT2D eigenvalue weighted by atomic mass is 10.2. The lowest BCUT2D eigenvalue weighted by Gasteiger charge is -2.05. The highest BCUT2D eigenvalue weighted by Gasteiger charge is 2.05. The third kappa shape index (κ3) is 3.12. The van der Waals surface area contributed by atoms with E-state index in [9.17, 15) is 0 Å². The molecule has 68 valence electrons. The summed E-state index contributed by atoms with van der Waals surface area (Å²) >= 11 is 1.64. The van der Waals surface area contributed by atoms with Crippen molar-refractivity contribution >= 4 is 11.8 Å². The third-order valence-electron chi connectivity index (χ3n) is 1.78. The van der Waals surface area contributed by atoms with Crippen LogP contribution in [-0.4, -0.2) is 5.25 Å². The van der Waals surface area contributed by atoms with Gasteiger partial charge in [-0.25, -0.2) is 0 Å². The van der Waals surface area contributed by atoms with Crippen LogP contribution >= 0.6 is 11.8 Å². The summed E-state index contributed by atoms with van der Waals surface area (Å²) in [5.41, 5.74) is 1.25. The summed E-state index contributed by atoms with van der Waals surface area (Å²) in [5, 5.41) is 8.87. The van der Waals surface area contributed by atoms with E-state index in [0.717, 1.165) is 6.42 Å². The number of hydrogen-bond acceptors (Lipinski definition) is 2. The van der Waals surface area contributed by atoms with E-state index < -0.39 is 0 Å². The van der Waals surface area contributed by atoms with Crippen LogP contribution in [0.1, 0.15) is 18.9 Å². The van der Waals surface area contributed by atoms with Crippen molar-refractivity contribution < 1.29 is 0 Å². The van der Waals surface area contributed by atoms with E-state index in [1.165, 1.54) is 10.5 Å². The van der Waals surface area contributed by atoms with Gasteiger partial charge < -0.3 is 0 Å². The van der Waals surface area contributed by atoms with Crippen LogP contribution in [0.4, 0.5) is 0 Å². The fraction of sp³-hybridized carbons (Fsp3) is 0.364. The van der Waals surface area contributed by atoms with E-state index in [1.54, 1.807) is 11.8 Å². The Morgan fingerprint density at radius 1 is 1.54 bits per heavy atom. The van der Waals surface area contributed by atoms with Gasteiger partial charge in [0.05, 0.1) is 11.3 Å². The molecule has 0 spiro atoms. The van der Waals surface area contributed by atoms with Gasteiger partial charge in [-0.3, -0.25) is 0 Å². The number of aryl methyl sites for hydroxylation is 1. The van der Waals surface area contributed by atoms with E-state index in [-0.39, 0.29) is 5.25 Å². The number of thioether (sulfide) groups is 1. The van der Waals surface area contributed by atoms with Gasteiger partial charge in [0, 0.05) is 4.90 Å². The Kier molecular flexibility index (Phi) is 3.85. The molecule has 1 nitrogen and oxygen atoms in total. The molecule has 0 aliphatic heterocycles. The van der Waals surface area contributed by atoms with Crippen LogP contribution in [0.15, 0.2) is 29.2 Å². The van der Waals surface area contributed by atoms with Crippen molar-refractivity contribution in [1.29, 1.82) is 5.26 Å². The number of nitriles is 1. The molecule has 0 aromatic heterocycles. The summed E-state index contributed by atoms with van der Waals surface area (Å²) in [4.78, 5) is 1.19. The van der Waals surface area contributed by atoms with E-state index in [2.05, 4.69) is 31.2 Å². The van der Waals surface area contributed by atoms with Crippen molar-refractivity contribution in [2.24, 2.45) is 0 Å². The average Bonchev–Trinajstić information content (AvgIpc) is 2.14. The fourth-order valence-corrected chi connectivity index (χ4v) is 2.01. The lowest BCUT2D eigenvalue weighted by molar-refractivity contribution is 0.985. The Labute approximate surface area is 83.8 Å². The van der Waals surface area contributed by atoms with Gasteiger partial charge in [0.25, 0.3) is 0 Å². The second kappa shape index (κ2) is 4.94. The number of rotatable bonds is 3. The Morgan fingerprint density at radius 2 is 2.31 bits per heavy atom. The van der Waals surface area contributed by atoms with Crippen LogP contribution in [0.25, 0.3) is 0 Å². The van der Waals surface area contributed by atoms with Crippen LogP contribution in [-0.2, 0) is 0 Å². The van der Waals surface area contributed by atoms with Gasteiger partial charge in [0.15, 0.2) is 0 Å². The highest BCUT2D eigenvalue weighted by Crippen LogP contribution is 2.25. The molecule has 1 unspecified atom stereocenters. The smallest absolute Gasteiger partial charge is 0.0961 e. The van der Waals surface area contributed by atoms with Gasteiger partial charge in [-0.2, -0.15) is 5.26 Å². The topological polar surface area (TPSA) is 23.8 Å². The molecule has 0 fully saturated rings. The van der Waals surface area contributed by atoms with Crippen LogP contribution < -0.4 is 0 Å². The Morgan fingerprint density at radius 3 is 2.85 bits per heavy atom. The van der Waals surface area contributed by atoms with Crippen LogP contribution in [0.2, 0.25) is 0 Å². The van der Waals surface area contributed by atoms with Crippen molar-refractivity contribution in [3.05, 3.63) is 29.8 Å². The highest BCUT2D eigenvalue weighted by atomic mass is 32.2. The molecule has 0 saturated carbocycles. The van der Waals surface area contributed by atoms with Crippen molar-refractivity contribution in [2.75, 3.05) is 0 Å². The molecule has 1 aromatic rings. The maximum Gasteiger partial charge on any atom is 0.0961 e. The monoisotopic (exact) mass is 191 g/mol. The van der Waals surface area contributed by atoms with E-state index in [1.807, 2.05) is 13.0 Å². The molecule has 0 heterocycles. The minimum Gasteiger partial charge on any atom is -0.197 e. The summed E-state index contributed by atoms with van der Waals surface area (Å²) in [5.74, 6) is 0. The first-order valence-corrected chi connectivity index (χ1v) is 5.27. The SMILES string of the molecule is CCC(C#N)Sc1cccc(C)c1. The van der Waals surface area contributed by atoms with E-state index in [0.29, 0.717) is 0 Å². The molecule has 0 aliphatic rings. The second-order valence-electron chi connectivity index (χ2n) is 2.96. The highest BCUT2D eigenvalue weighted by molar-refractivity contribution is 8.00. The molecule has 1 rings (SSSR count). The zero-order valence-corrected chi connectivity index (χ0v) is 8.77. The zero-order chi connectivity index (χ0) is 9.68. The number of benzene rings is 1. The molecular weight excluding hydrogens is 178 g/mol. The summed E-state index contributed by atoms with van der Waals surface area (Å²) in [6, 6.07) is 10.5. The molecule has 13 heavy (non-hydrogen) atoms. The summed E-state index contributed by atoms with van der Waals surface area (Å²) in [7, 11) is 0. The first-order valence-electron chi connectivity index (χ1n) is 4.39. The van der Waals surface area contributed by atoms with Crippen LogP contribution in [0.5, 0.6) is 0 Å². The number of nitrogens with zero attached hydrogens (tertiary/aromatic N) is 1. The Hall–Kier alpha value is -0.940. The standard InChI is InChI=1S/C11H13NS/c1-3-10(8-12)13-11-6-4-5-9(2)7-11/h4-7,10H,3H2,1-2H3. The van der Waals surface area contributed by atoms with E-state index in [4.69, 9.17) is 5.26 Å².